The van der Waals surface area contributed by atoms with E-state index in [-0.39, 0.29) is 12.2 Å². The van der Waals surface area contributed by atoms with Crippen LogP contribution < -0.4 is 5.32 Å². The van der Waals surface area contributed by atoms with Crippen LogP contribution in [0.2, 0.25) is 0 Å². The van der Waals surface area contributed by atoms with E-state index in [1.807, 2.05) is 19.9 Å². The van der Waals surface area contributed by atoms with Gasteiger partial charge in [-0.25, -0.2) is 4.79 Å². The predicted molar refractivity (Wildman–Crippen MR) is 72.0 cm³/mol. The van der Waals surface area contributed by atoms with E-state index in [1.54, 1.807) is 0 Å². The molecular weight excluding hydrogens is 214 g/mol. The number of ether oxygens (including phenoxy) is 1. The van der Waals surface area contributed by atoms with Gasteiger partial charge in [0.1, 0.15) is 6.10 Å². The van der Waals surface area contributed by atoms with Gasteiger partial charge in [-0.3, -0.25) is 0 Å². The van der Waals surface area contributed by atoms with Crippen LogP contribution in [-0.2, 0) is 4.74 Å². The first-order valence-corrected chi connectivity index (χ1v) is 6.45. The van der Waals surface area contributed by atoms with Crippen LogP contribution in [0.5, 0.6) is 0 Å². The van der Waals surface area contributed by atoms with Gasteiger partial charge in [0.2, 0.25) is 0 Å². The Morgan fingerprint density at radius 3 is 2.41 bits per heavy atom. The minimum absolute atomic E-state index is 0.0156. The minimum Gasteiger partial charge on any atom is -0.447 e. The second-order valence-electron chi connectivity index (χ2n) is 3.93. The summed E-state index contributed by atoms with van der Waals surface area (Å²) < 4.78 is 5.06. The average Bonchev–Trinajstić information content (AvgIpc) is 2.32. The summed E-state index contributed by atoms with van der Waals surface area (Å²) in [7, 11) is 0. The number of nitrogens with one attached hydrogen (secondary N) is 1. The van der Waals surface area contributed by atoms with Crippen molar-refractivity contribution in [3.8, 4) is 0 Å². The summed E-state index contributed by atoms with van der Waals surface area (Å²) in [5.74, 6) is 0. The van der Waals surface area contributed by atoms with Crippen molar-refractivity contribution >= 4 is 6.09 Å². The Kier molecular flexibility index (Phi) is 10.4. The monoisotopic (exact) mass is 239 g/mol. The Morgan fingerprint density at radius 2 is 1.82 bits per heavy atom. The second-order valence-corrected chi connectivity index (χ2v) is 3.93. The molecule has 0 aromatic carbocycles. The molecule has 1 N–H and O–H groups in total. The number of alkyl carbamates (subject to hydrolysis) is 1. The molecule has 0 fully saturated rings. The molecule has 0 aliphatic rings. The fourth-order valence-corrected chi connectivity index (χ4v) is 1.13. The van der Waals surface area contributed by atoms with Crippen molar-refractivity contribution in [2.24, 2.45) is 0 Å². The first-order chi connectivity index (χ1) is 8.20. The van der Waals surface area contributed by atoms with Crippen LogP contribution in [0.3, 0.4) is 0 Å². The summed E-state index contributed by atoms with van der Waals surface area (Å²) in [4.78, 5) is 11.2. The van der Waals surface area contributed by atoms with Crippen molar-refractivity contribution < 1.29 is 9.53 Å². The van der Waals surface area contributed by atoms with Crippen molar-refractivity contribution in [3.63, 3.8) is 0 Å². The van der Waals surface area contributed by atoms with Gasteiger partial charge in [0.05, 0.1) is 0 Å². The number of hydrogen-bond acceptors (Lipinski definition) is 2. The highest BCUT2D eigenvalue weighted by Gasteiger charge is 2.04. The SMILES string of the molecule is CC/C=C\CC/C=C/CNC(=O)OC(C)CC. The van der Waals surface area contributed by atoms with E-state index in [4.69, 9.17) is 4.74 Å². The predicted octanol–water partition coefficient (Wildman–Crippen LogP) is 3.81. The first kappa shape index (κ1) is 15.8. The summed E-state index contributed by atoms with van der Waals surface area (Å²) in [6, 6.07) is 0. The van der Waals surface area contributed by atoms with E-state index in [0.717, 1.165) is 25.7 Å². The van der Waals surface area contributed by atoms with Gasteiger partial charge in [-0.05, 0) is 32.6 Å². The molecule has 1 atom stereocenters. The molecule has 0 aliphatic carbocycles. The summed E-state index contributed by atoms with van der Waals surface area (Å²) in [6.45, 7) is 6.53. The lowest BCUT2D eigenvalue weighted by atomic mass is 10.2. The highest BCUT2D eigenvalue weighted by molar-refractivity contribution is 5.67. The van der Waals surface area contributed by atoms with Gasteiger partial charge < -0.3 is 10.1 Å². The van der Waals surface area contributed by atoms with Crippen LogP contribution in [0.25, 0.3) is 0 Å². The Hall–Kier alpha value is -1.25. The molecule has 0 bridgehead atoms. The van der Waals surface area contributed by atoms with Crippen molar-refractivity contribution in [3.05, 3.63) is 24.3 Å². The molecule has 98 valence electrons. The van der Waals surface area contributed by atoms with Gasteiger partial charge in [0.15, 0.2) is 0 Å². The number of rotatable bonds is 8. The molecule has 3 nitrogen and oxygen atoms in total. The van der Waals surface area contributed by atoms with Gasteiger partial charge in [-0.2, -0.15) is 0 Å². The molecule has 17 heavy (non-hydrogen) atoms. The zero-order valence-corrected chi connectivity index (χ0v) is 11.2. The maximum absolute atomic E-state index is 11.2. The Bertz CT molecular complexity index is 247. The minimum atomic E-state index is -0.338. The Balaban J connectivity index is 3.46. The van der Waals surface area contributed by atoms with E-state index in [1.165, 1.54) is 0 Å². The lowest BCUT2D eigenvalue weighted by Gasteiger charge is -2.10. The van der Waals surface area contributed by atoms with Gasteiger partial charge >= 0.3 is 6.09 Å². The maximum Gasteiger partial charge on any atom is 0.407 e. The number of amides is 1. The number of hydrogen-bond donors (Lipinski definition) is 1. The standard InChI is InChI=1S/C14H25NO2/c1-4-6-7-8-9-10-11-12-15-14(16)17-13(3)5-2/h6-7,10-11,13H,4-5,8-9,12H2,1-3H3,(H,15,16)/b7-6-,11-10+. The Morgan fingerprint density at radius 1 is 1.18 bits per heavy atom. The summed E-state index contributed by atoms with van der Waals surface area (Å²) in [5, 5.41) is 2.68. The number of unbranched alkanes of at least 4 members (excludes halogenated alkanes) is 1. The van der Waals surface area contributed by atoms with Crippen LogP contribution in [0.15, 0.2) is 24.3 Å². The highest BCUT2D eigenvalue weighted by atomic mass is 16.6. The van der Waals surface area contributed by atoms with Crippen molar-refractivity contribution in [2.75, 3.05) is 6.54 Å². The van der Waals surface area contributed by atoms with E-state index < -0.39 is 0 Å². The van der Waals surface area contributed by atoms with E-state index in [0.29, 0.717) is 6.54 Å². The van der Waals surface area contributed by atoms with Crippen LogP contribution in [0.4, 0.5) is 4.79 Å². The molecule has 0 heterocycles. The smallest absolute Gasteiger partial charge is 0.407 e. The van der Waals surface area contributed by atoms with Crippen molar-refractivity contribution in [1.82, 2.24) is 5.32 Å². The summed E-state index contributed by atoms with van der Waals surface area (Å²) in [6.07, 6.45) is 12.0. The van der Waals surface area contributed by atoms with Gasteiger partial charge in [-0.1, -0.05) is 38.2 Å². The summed E-state index contributed by atoms with van der Waals surface area (Å²) in [5.41, 5.74) is 0. The third-order valence-electron chi connectivity index (χ3n) is 2.32. The number of carbonyl (C=O) groups is 1. The zero-order chi connectivity index (χ0) is 12.9. The quantitative estimate of drug-likeness (QED) is 0.516. The molecule has 0 radical (unpaired) electrons. The molecule has 0 rings (SSSR count). The molecule has 0 spiro atoms. The molecule has 0 aromatic heterocycles. The Labute approximate surface area is 105 Å². The topological polar surface area (TPSA) is 38.3 Å². The van der Waals surface area contributed by atoms with E-state index in [9.17, 15) is 4.79 Å². The molecule has 0 saturated carbocycles. The zero-order valence-electron chi connectivity index (χ0n) is 11.2. The second kappa shape index (κ2) is 11.2. The maximum atomic E-state index is 11.2. The lowest BCUT2D eigenvalue weighted by molar-refractivity contribution is 0.106. The fraction of sp³-hybridized carbons (Fsp3) is 0.643. The number of allylic oxidation sites excluding steroid dienone is 3. The first-order valence-electron chi connectivity index (χ1n) is 6.45. The fourth-order valence-electron chi connectivity index (χ4n) is 1.13. The normalized spacial score (nSPS) is 13.1. The van der Waals surface area contributed by atoms with Crippen LogP contribution in [-0.4, -0.2) is 18.7 Å². The molecule has 1 amide bonds. The van der Waals surface area contributed by atoms with Crippen molar-refractivity contribution in [1.29, 1.82) is 0 Å². The van der Waals surface area contributed by atoms with Crippen LogP contribution in [0.1, 0.15) is 46.5 Å². The van der Waals surface area contributed by atoms with Crippen LogP contribution in [0, 0.1) is 0 Å². The molecule has 0 aromatic rings. The summed E-state index contributed by atoms with van der Waals surface area (Å²) >= 11 is 0. The van der Waals surface area contributed by atoms with E-state index in [2.05, 4.69) is 30.5 Å². The molecule has 3 heteroatoms. The highest BCUT2D eigenvalue weighted by Crippen LogP contribution is 1.96. The molecule has 1 unspecified atom stereocenters. The largest absolute Gasteiger partial charge is 0.447 e. The van der Waals surface area contributed by atoms with Crippen LogP contribution >= 0.6 is 0 Å². The number of carbonyl (C=O) groups excluding carboxylic acids is 1. The van der Waals surface area contributed by atoms with Crippen molar-refractivity contribution in [2.45, 2.75) is 52.6 Å². The lowest BCUT2D eigenvalue weighted by Crippen LogP contribution is -2.27. The molecule has 0 aliphatic heterocycles. The van der Waals surface area contributed by atoms with Gasteiger partial charge in [0, 0.05) is 6.54 Å². The molecular formula is C14H25NO2. The third kappa shape index (κ3) is 11.0. The van der Waals surface area contributed by atoms with E-state index >= 15 is 0 Å². The third-order valence-corrected chi connectivity index (χ3v) is 2.32. The average molecular weight is 239 g/mol. The van der Waals surface area contributed by atoms with Gasteiger partial charge in [-0.15, -0.1) is 0 Å². The molecule has 0 saturated heterocycles. The van der Waals surface area contributed by atoms with Gasteiger partial charge in [0.25, 0.3) is 0 Å².